The average molecular weight is 538 g/mol. The summed E-state index contributed by atoms with van der Waals surface area (Å²) in [6.07, 6.45) is 4.83. The topological polar surface area (TPSA) is 94.1 Å². The van der Waals surface area contributed by atoms with E-state index in [9.17, 15) is 9.90 Å². The van der Waals surface area contributed by atoms with Crippen LogP contribution < -0.4 is 23.1 Å². The van der Waals surface area contributed by atoms with Crippen molar-refractivity contribution >= 4 is 23.0 Å². The standard InChI is InChI=1S/C21H30NO4.2BrH.H3N/c1-3-4-10-22(2)17-11-15(12-18(22)20-19(17)26-20)25-21(24)16(13-23)14-8-6-5-7-9-14;;;/h5-9,15-20,23H,3-4,10-13H2,1-2H3;2*1H;1H3/q+1;;;/p-1. The summed E-state index contributed by atoms with van der Waals surface area (Å²) in [4.78, 5) is 12.7. The summed E-state index contributed by atoms with van der Waals surface area (Å²) >= 11 is 0. The number of carbonyl (C=O) groups is 1. The van der Waals surface area contributed by atoms with Crippen LogP contribution in [0.5, 0.6) is 0 Å². The second-order valence-corrected chi connectivity index (χ2v) is 8.30. The van der Waals surface area contributed by atoms with E-state index in [-0.39, 0.29) is 58.8 Å². The highest BCUT2D eigenvalue weighted by molar-refractivity contribution is 8.93. The summed E-state index contributed by atoms with van der Waals surface area (Å²) in [5, 5.41) is 9.70. The number of aliphatic hydroxyl groups is 1. The van der Waals surface area contributed by atoms with Crippen LogP contribution in [0.25, 0.3) is 0 Å². The van der Waals surface area contributed by atoms with Crippen molar-refractivity contribution in [3.63, 3.8) is 0 Å². The molecule has 3 fully saturated rings. The van der Waals surface area contributed by atoms with Crippen molar-refractivity contribution in [1.82, 2.24) is 6.15 Å². The molecule has 4 N–H and O–H groups in total. The van der Waals surface area contributed by atoms with Gasteiger partial charge in [0.15, 0.2) is 0 Å². The highest BCUT2D eigenvalue weighted by Gasteiger charge is 2.71. The fourth-order valence-electron chi connectivity index (χ4n) is 5.23. The van der Waals surface area contributed by atoms with Crippen LogP contribution >= 0.6 is 17.0 Å². The van der Waals surface area contributed by atoms with Gasteiger partial charge in [0, 0.05) is 12.8 Å². The van der Waals surface area contributed by atoms with Crippen LogP contribution in [0.1, 0.15) is 44.1 Å². The molecule has 8 heteroatoms. The number of piperidine rings is 1. The molecule has 0 aromatic heterocycles. The van der Waals surface area contributed by atoms with E-state index in [4.69, 9.17) is 9.47 Å². The van der Waals surface area contributed by atoms with Crippen molar-refractivity contribution in [2.45, 2.75) is 68.9 Å². The van der Waals surface area contributed by atoms with Crippen LogP contribution in [0.2, 0.25) is 0 Å². The Labute approximate surface area is 194 Å². The van der Waals surface area contributed by atoms with Crippen molar-refractivity contribution < 1.29 is 40.8 Å². The van der Waals surface area contributed by atoms with Gasteiger partial charge in [-0.1, -0.05) is 43.7 Å². The number of halogens is 2. The SMILES string of the molecule is Br.CCCC[N+]1(C)C2CC(OC(=O)C(CO)c3ccccc3)CC1C1OC12.N.[Br-]. The molecule has 3 heterocycles. The molecule has 5 atom stereocenters. The first-order chi connectivity index (χ1) is 12.6. The van der Waals surface area contributed by atoms with Crippen LogP contribution in [0.15, 0.2) is 30.3 Å². The minimum atomic E-state index is -0.595. The zero-order chi connectivity index (χ0) is 18.3. The van der Waals surface area contributed by atoms with Gasteiger partial charge in [-0.25, -0.2) is 0 Å². The van der Waals surface area contributed by atoms with Gasteiger partial charge in [-0.05, 0) is 12.0 Å². The lowest BCUT2D eigenvalue weighted by Crippen LogP contribution is -3.00. The van der Waals surface area contributed by atoms with E-state index in [1.165, 1.54) is 19.4 Å². The van der Waals surface area contributed by atoms with Crippen molar-refractivity contribution in [3.8, 4) is 0 Å². The molecule has 1 aromatic carbocycles. The van der Waals surface area contributed by atoms with Gasteiger partial charge in [0.05, 0.1) is 20.2 Å². The summed E-state index contributed by atoms with van der Waals surface area (Å²) in [7, 11) is 2.36. The Morgan fingerprint density at radius 3 is 2.34 bits per heavy atom. The predicted molar refractivity (Wildman–Crippen MR) is 113 cm³/mol. The van der Waals surface area contributed by atoms with E-state index >= 15 is 0 Å². The Hall–Kier alpha value is -0.510. The average Bonchev–Trinajstić information content (AvgIpc) is 3.40. The van der Waals surface area contributed by atoms with Gasteiger partial charge in [-0.3, -0.25) is 4.79 Å². The molecule has 3 aliphatic rings. The monoisotopic (exact) mass is 536 g/mol. The lowest BCUT2D eigenvalue weighted by atomic mass is 9.94. The van der Waals surface area contributed by atoms with E-state index in [1.54, 1.807) is 0 Å². The van der Waals surface area contributed by atoms with Crippen LogP contribution in [0, 0.1) is 0 Å². The molecule has 2 bridgehead atoms. The number of quaternary nitrogens is 1. The third kappa shape index (κ3) is 4.88. The minimum Gasteiger partial charge on any atom is -1.00 e. The Kier molecular flexibility index (Phi) is 9.77. The van der Waals surface area contributed by atoms with Gasteiger partial charge in [-0.2, -0.15) is 0 Å². The molecule has 29 heavy (non-hydrogen) atoms. The Balaban J connectivity index is 0.00000140. The number of unbranched alkanes of at least 4 members (excludes halogenated alkanes) is 1. The van der Waals surface area contributed by atoms with Gasteiger partial charge in [-0.15, -0.1) is 17.0 Å². The molecular formula is C21H34Br2N2O4. The van der Waals surface area contributed by atoms with Crippen LogP contribution in [0.3, 0.4) is 0 Å². The highest BCUT2D eigenvalue weighted by Crippen LogP contribution is 2.52. The summed E-state index contributed by atoms with van der Waals surface area (Å²) in [6.45, 7) is 3.20. The Bertz CT molecular complexity index is 645. The van der Waals surface area contributed by atoms with Gasteiger partial charge in [0.25, 0.3) is 0 Å². The van der Waals surface area contributed by atoms with E-state index in [2.05, 4.69) is 14.0 Å². The zero-order valence-electron chi connectivity index (χ0n) is 17.2. The Morgan fingerprint density at radius 1 is 1.24 bits per heavy atom. The first kappa shape index (κ1) is 26.5. The fourth-order valence-corrected chi connectivity index (χ4v) is 5.23. The van der Waals surface area contributed by atoms with E-state index in [1.807, 2.05) is 30.3 Å². The van der Waals surface area contributed by atoms with Crippen LogP contribution in [-0.4, -0.2) is 66.2 Å². The molecule has 1 aromatic rings. The highest BCUT2D eigenvalue weighted by atomic mass is 79.9. The molecule has 0 saturated carbocycles. The number of esters is 1. The zero-order valence-corrected chi connectivity index (χ0v) is 20.5. The molecule has 166 valence electrons. The maximum atomic E-state index is 12.7. The van der Waals surface area contributed by atoms with Crippen LogP contribution in [-0.2, 0) is 14.3 Å². The number of nitrogens with zero attached hydrogens (tertiary/aromatic N) is 1. The van der Waals surface area contributed by atoms with Gasteiger partial charge < -0.3 is 42.2 Å². The van der Waals surface area contributed by atoms with Gasteiger partial charge >= 0.3 is 5.97 Å². The van der Waals surface area contributed by atoms with Crippen LogP contribution in [0.4, 0.5) is 0 Å². The maximum absolute atomic E-state index is 12.7. The molecule has 3 aliphatic heterocycles. The molecular weight excluding hydrogens is 504 g/mol. The van der Waals surface area contributed by atoms with Gasteiger partial charge in [0.1, 0.15) is 36.3 Å². The van der Waals surface area contributed by atoms with E-state index in [0.29, 0.717) is 24.3 Å². The number of benzene rings is 1. The normalized spacial score (nSPS) is 34.5. The Morgan fingerprint density at radius 2 is 1.83 bits per heavy atom. The smallest absolute Gasteiger partial charge is 0.316 e. The van der Waals surface area contributed by atoms with Crippen molar-refractivity contribution in [2.24, 2.45) is 0 Å². The molecule has 4 rings (SSSR count). The maximum Gasteiger partial charge on any atom is 0.316 e. The lowest BCUT2D eigenvalue weighted by molar-refractivity contribution is -0.956. The van der Waals surface area contributed by atoms with Crippen molar-refractivity contribution in [3.05, 3.63) is 35.9 Å². The minimum absolute atomic E-state index is 0. The first-order valence-corrected chi connectivity index (χ1v) is 9.95. The summed E-state index contributed by atoms with van der Waals surface area (Å²) in [5.41, 5.74) is 0.813. The summed E-state index contributed by atoms with van der Waals surface area (Å²) in [6, 6.07) is 10.3. The molecule has 0 radical (unpaired) electrons. The number of likely N-dealkylation sites (N-methyl/N-ethyl adjacent to an activating group) is 1. The largest absolute Gasteiger partial charge is 1.00 e. The molecule has 6 nitrogen and oxygen atoms in total. The fraction of sp³-hybridized carbons (Fsp3) is 0.667. The summed E-state index contributed by atoms with van der Waals surface area (Å²) < 4.78 is 12.9. The number of carbonyl (C=O) groups excluding carboxylic acids is 1. The molecule has 0 spiro atoms. The number of rotatable bonds is 7. The number of hydrogen-bond acceptors (Lipinski definition) is 5. The third-order valence-electron chi connectivity index (χ3n) is 6.79. The summed E-state index contributed by atoms with van der Waals surface area (Å²) in [5.74, 6) is -0.898. The first-order valence-electron chi connectivity index (χ1n) is 9.95. The number of epoxide rings is 1. The predicted octanol–water partition coefficient (Wildman–Crippen LogP) is -0.0231. The third-order valence-corrected chi connectivity index (χ3v) is 6.79. The number of morpholine rings is 1. The molecule has 0 amide bonds. The quantitative estimate of drug-likeness (QED) is 0.289. The van der Waals surface area contributed by atoms with Gasteiger partial charge in [0.2, 0.25) is 0 Å². The number of aliphatic hydroxyl groups excluding tert-OH is 1. The number of fused-ring (bicyclic) bond motifs is 5. The molecule has 3 saturated heterocycles. The van der Waals surface area contributed by atoms with Crippen molar-refractivity contribution in [1.29, 1.82) is 0 Å². The lowest BCUT2D eigenvalue weighted by Gasteiger charge is -2.48. The number of ether oxygens (including phenoxy) is 2. The second-order valence-electron chi connectivity index (χ2n) is 8.30. The second kappa shape index (κ2) is 10.7. The molecule has 5 unspecified atom stereocenters. The van der Waals surface area contributed by atoms with Crippen molar-refractivity contribution in [2.75, 3.05) is 20.2 Å². The van der Waals surface area contributed by atoms with E-state index < -0.39 is 5.92 Å². The number of hydrogen-bond donors (Lipinski definition) is 2. The molecule has 0 aliphatic carbocycles. The van der Waals surface area contributed by atoms with E-state index in [0.717, 1.165) is 22.9 Å².